The van der Waals surface area contributed by atoms with Crippen LogP contribution in [0.25, 0.3) is 0 Å². The first-order chi connectivity index (χ1) is 18.0. The van der Waals surface area contributed by atoms with Gasteiger partial charge < -0.3 is 15.3 Å². The molecule has 1 unspecified atom stereocenters. The van der Waals surface area contributed by atoms with Gasteiger partial charge in [-0.1, -0.05) is 108 Å². The Morgan fingerprint density at radius 2 is 1.51 bits per heavy atom. The summed E-state index contributed by atoms with van der Waals surface area (Å²) in [6.45, 7) is -0.261. The van der Waals surface area contributed by atoms with E-state index in [0.717, 1.165) is 16.7 Å². The van der Waals surface area contributed by atoms with E-state index in [2.05, 4.69) is 15.5 Å². The summed E-state index contributed by atoms with van der Waals surface area (Å²) in [6.07, 6.45) is 0.562. The molecular formula is C27H23F2N3O3S2. The highest BCUT2D eigenvalue weighted by atomic mass is 32.2. The molecule has 0 aliphatic carbocycles. The molecule has 0 saturated carbocycles. The SMILES string of the molecule is O=C(O)/C=N\OCC(SC(F)F)c1csc(NC(c2ccccc2)(c2ccccc2)c2ccccc2)n1. The number of anilines is 1. The molecule has 0 aliphatic rings. The number of carboxylic acids is 1. The maximum atomic E-state index is 13.3. The molecule has 1 aromatic heterocycles. The second kappa shape index (κ2) is 12.5. The molecule has 0 saturated heterocycles. The number of oxime groups is 1. The first kappa shape index (κ1) is 26.3. The molecule has 6 nitrogen and oxygen atoms in total. The zero-order chi connectivity index (χ0) is 26.1. The molecule has 1 atom stereocenters. The van der Waals surface area contributed by atoms with Crippen molar-refractivity contribution in [2.45, 2.75) is 16.5 Å². The average Bonchev–Trinajstić information content (AvgIpc) is 3.38. The summed E-state index contributed by atoms with van der Waals surface area (Å²) in [5.41, 5.74) is 2.51. The lowest BCUT2D eigenvalue weighted by Crippen LogP contribution is -2.38. The Kier molecular flexibility index (Phi) is 8.86. The number of carboxylic acid groups (broad SMARTS) is 1. The maximum Gasteiger partial charge on any atom is 0.350 e. The fourth-order valence-electron chi connectivity index (χ4n) is 3.94. The van der Waals surface area contributed by atoms with E-state index in [0.29, 0.717) is 28.8 Å². The third kappa shape index (κ3) is 6.52. The fraction of sp³-hybridized carbons (Fsp3) is 0.148. The fourth-order valence-corrected chi connectivity index (χ4v) is 5.50. The number of halogens is 2. The van der Waals surface area contributed by atoms with Crippen LogP contribution in [0.15, 0.2) is 102 Å². The molecule has 0 amide bonds. The van der Waals surface area contributed by atoms with Crippen molar-refractivity contribution in [2.75, 3.05) is 11.9 Å². The topological polar surface area (TPSA) is 83.8 Å². The summed E-state index contributed by atoms with van der Waals surface area (Å²) >= 11 is 1.66. The molecular weight excluding hydrogens is 516 g/mol. The van der Waals surface area contributed by atoms with Gasteiger partial charge in [0.1, 0.15) is 12.1 Å². The summed E-state index contributed by atoms with van der Waals surface area (Å²) < 4.78 is 26.6. The van der Waals surface area contributed by atoms with Crippen LogP contribution in [0.5, 0.6) is 0 Å². The first-order valence-corrected chi connectivity index (χ1v) is 13.0. The minimum Gasteiger partial charge on any atom is -0.477 e. The number of thiazole rings is 1. The van der Waals surface area contributed by atoms with Gasteiger partial charge in [-0.05, 0) is 16.7 Å². The lowest BCUT2D eigenvalue weighted by molar-refractivity contribution is -0.129. The van der Waals surface area contributed by atoms with Crippen molar-refractivity contribution >= 4 is 40.4 Å². The van der Waals surface area contributed by atoms with Crippen molar-refractivity contribution in [3.05, 3.63) is 119 Å². The maximum absolute atomic E-state index is 13.3. The summed E-state index contributed by atoms with van der Waals surface area (Å²) in [4.78, 5) is 20.2. The lowest BCUT2D eigenvalue weighted by atomic mass is 9.77. The number of nitrogens with one attached hydrogen (secondary N) is 1. The monoisotopic (exact) mass is 539 g/mol. The second-order valence-corrected chi connectivity index (χ2v) is 9.86. The van der Waals surface area contributed by atoms with Gasteiger partial charge in [0, 0.05) is 5.38 Å². The molecule has 1 heterocycles. The van der Waals surface area contributed by atoms with E-state index in [1.165, 1.54) is 11.3 Å². The molecule has 4 rings (SSSR count). The van der Waals surface area contributed by atoms with Gasteiger partial charge in [-0.15, -0.1) is 11.3 Å². The summed E-state index contributed by atoms with van der Waals surface area (Å²) in [6, 6.07) is 29.9. The molecule has 2 N–H and O–H groups in total. The van der Waals surface area contributed by atoms with E-state index in [-0.39, 0.29) is 6.61 Å². The Labute approximate surface area is 221 Å². The van der Waals surface area contributed by atoms with Crippen molar-refractivity contribution < 1.29 is 23.5 Å². The van der Waals surface area contributed by atoms with Gasteiger partial charge in [0.05, 0.1) is 10.9 Å². The Balaban J connectivity index is 1.74. The van der Waals surface area contributed by atoms with Crippen molar-refractivity contribution in [1.82, 2.24) is 4.98 Å². The highest BCUT2D eigenvalue weighted by molar-refractivity contribution is 7.99. The van der Waals surface area contributed by atoms with Gasteiger partial charge in [0.15, 0.2) is 11.3 Å². The Hall–Kier alpha value is -3.76. The second-order valence-electron chi connectivity index (χ2n) is 7.80. The Morgan fingerprint density at radius 1 is 1.00 bits per heavy atom. The standard InChI is InChI=1S/C27H23F2N3O3S2/c28-25(29)37-23(17-35-30-16-24(33)34)22-18-36-26(31-22)32-27(19-10-4-1-5-11-19,20-12-6-2-7-13-20)21-14-8-3-9-15-21/h1-16,18,23,25H,17H2,(H,31,32)(H,33,34)/b30-16-. The molecule has 0 fully saturated rings. The predicted octanol–water partition coefficient (Wildman–Crippen LogP) is 6.63. The molecule has 0 bridgehead atoms. The number of carbonyl (C=O) groups is 1. The molecule has 3 aromatic carbocycles. The predicted molar refractivity (Wildman–Crippen MR) is 143 cm³/mol. The number of benzene rings is 3. The highest BCUT2D eigenvalue weighted by Crippen LogP contribution is 2.42. The van der Waals surface area contributed by atoms with Crippen LogP contribution in [0.3, 0.4) is 0 Å². The van der Waals surface area contributed by atoms with Crippen LogP contribution in [0.1, 0.15) is 27.6 Å². The molecule has 190 valence electrons. The zero-order valence-electron chi connectivity index (χ0n) is 19.4. The van der Waals surface area contributed by atoms with E-state index in [4.69, 9.17) is 9.94 Å². The highest BCUT2D eigenvalue weighted by Gasteiger charge is 2.37. The van der Waals surface area contributed by atoms with Gasteiger partial charge in [0.2, 0.25) is 0 Å². The number of thioether (sulfide) groups is 1. The Morgan fingerprint density at radius 3 is 1.97 bits per heavy atom. The van der Waals surface area contributed by atoms with Crippen molar-refractivity contribution in [3.63, 3.8) is 0 Å². The number of rotatable bonds is 12. The summed E-state index contributed by atoms with van der Waals surface area (Å²) in [5.74, 6) is -3.97. The number of hydrogen-bond donors (Lipinski definition) is 2. The Bertz CT molecular complexity index is 1210. The normalized spacial score (nSPS) is 12.5. The molecule has 0 spiro atoms. The van der Waals surface area contributed by atoms with Crippen molar-refractivity contribution in [2.24, 2.45) is 5.16 Å². The van der Waals surface area contributed by atoms with Crippen molar-refractivity contribution in [3.8, 4) is 0 Å². The number of aliphatic carboxylic acids is 1. The minimum atomic E-state index is -2.67. The van der Waals surface area contributed by atoms with Crippen LogP contribution in [0.2, 0.25) is 0 Å². The van der Waals surface area contributed by atoms with E-state index in [1.807, 2.05) is 91.0 Å². The van der Waals surface area contributed by atoms with Gasteiger partial charge in [-0.2, -0.15) is 8.78 Å². The van der Waals surface area contributed by atoms with Gasteiger partial charge in [-0.3, -0.25) is 0 Å². The van der Waals surface area contributed by atoms with Crippen LogP contribution in [0, 0.1) is 0 Å². The molecule has 10 heteroatoms. The van der Waals surface area contributed by atoms with E-state index >= 15 is 0 Å². The van der Waals surface area contributed by atoms with Gasteiger partial charge in [-0.25, -0.2) is 9.78 Å². The van der Waals surface area contributed by atoms with E-state index in [9.17, 15) is 13.6 Å². The average molecular weight is 540 g/mol. The number of alkyl halides is 2. The molecule has 37 heavy (non-hydrogen) atoms. The third-order valence-corrected chi connectivity index (χ3v) is 7.19. The van der Waals surface area contributed by atoms with Crippen LogP contribution in [-0.4, -0.2) is 34.6 Å². The van der Waals surface area contributed by atoms with E-state index < -0.39 is 22.5 Å². The molecule has 4 aromatic rings. The summed E-state index contributed by atoms with van der Waals surface area (Å²) in [5, 5.41) is 17.0. The van der Waals surface area contributed by atoms with Crippen LogP contribution in [0.4, 0.5) is 13.9 Å². The smallest absolute Gasteiger partial charge is 0.350 e. The minimum absolute atomic E-state index is 0.261. The number of aromatic nitrogens is 1. The van der Waals surface area contributed by atoms with Crippen molar-refractivity contribution in [1.29, 1.82) is 0 Å². The first-order valence-electron chi connectivity index (χ1n) is 11.2. The van der Waals surface area contributed by atoms with Crippen LogP contribution in [-0.2, 0) is 15.2 Å². The summed E-state index contributed by atoms with van der Waals surface area (Å²) in [7, 11) is 0. The van der Waals surface area contributed by atoms with E-state index in [1.54, 1.807) is 5.38 Å². The number of nitrogens with zero attached hydrogens (tertiary/aromatic N) is 2. The van der Waals surface area contributed by atoms with Crippen LogP contribution < -0.4 is 5.32 Å². The lowest BCUT2D eigenvalue weighted by Gasteiger charge is -2.36. The third-order valence-electron chi connectivity index (χ3n) is 5.50. The zero-order valence-corrected chi connectivity index (χ0v) is 21.0. The molecule has 0 radical (unpaired) electrons. The van der Waals surface area contributed by atoms with Gasteiger partial charge >= 0.3 is 5.97 Å². The number of hydrogen-bond acceptors (Lipinski definition) is 7. The molecule has 0 aliphatic heterocycles. The largest absolute Gasteiger partial charge is 0.477 e. The van der Waals surface area contributed by atoms with Crippen LogP contribution >= 0.6 is 23.1 Å². The van der Waals surface area contributed by atoms with Gasteiger partial charge in [0.25, 0.3) is 5.76 Å². The quantitative estimate of drug-likeness (QED) is 0.119.